The summed E-state index contributed by atoms with van der Waals surface area (Å²) in [4.78, 5) is 39.1. The first-order chi connectivity index (χ1) is 16.6. The lowest BCUT2D eigenvalue weighted by molar-refractivity contribution is 0.0705. The van der Waals surface area contributed by atoms with Crippen LogP contribution in [0.3, 0.4) is 0 Å². The molecule has 1 aliphatic heterocycles. The van der Waals surface area contributed by atoms with Crippen LogP contribution < -0.4 is 15.3 Å². The van der Waals surface area contributed by atoms with Gasteiger partial charge in [0.1, 0.15) is 0 Å². The average Bonchev–Trinajstić information content (AvgIpc) is 3.31. The molecule has 1 saturated heterocycles. The van der Waals surface area contributed by atoms with E-state index in [0.29, 0.717) is 31.5 Å². The fourth-order valence-electron chi connectivity index (χ4n) is 3.66. The Morgan fingerprint density at radius 1 is 1.24 bits per heavy atom. The molecule has 4 aromatic heterocycles. The first-order valence-corrected chi connectivity index (χ1v) is 11.4. The molecule has 0 radical (unpaired) electrons. The highest BCUT2D eigenvalue weighted by atomic mass is 32.1. The lowest BCUT2D eigenvalue weighted by Crippen LogP contribution is -2.36. The number of carbonyl (C=O) groups is 1. The molecule has 11 nitrogen and oxygen atoms in total. The van der Waals surface area contributed by atoms with Crippen LogP contribution in [0.4, 0.5) is 11.8 Å². The van der Waals surface area contributed by atoms with Gasteiger partial charge in [0.15, 0.2) is 11.6 Å². The smallest absolute Gasteiger partial charge is 0.277 e. The lowest BCUT2D eigenvalue weighted by atomic mass is 10.2. The third kappa shape index (κ3) is 4.51. The predicted molar refractivity (Wildman–Crippen MR) is 127 cm³/mol. The van der Waals surface area contributed by atoms with Gasteiger partial charge in [-0.25, -0.2) is 25.4 Å². The summed E-state index contributed by atoms with van der Waals surface area (Å²) in [5.74, 6) is 1.35. The highest BCUT2D eigenvalue weighted by Gasteiger charge is 2.21. The molecule has 0 bridgehead atoms. The molecule has 34 heavy (non-hydrogen) atoms. The van der Waals surface area contributed by atoms with Crippen LogP contribution in [0.15, 0.2) is 43.0 Å². The van der Waals surface area contributed by atoms with Crippen LogP contribution in [0.2, 0.25) is 0 Å². The zero-order chi connectivity index (χ0) is 23.5. The Morgan fingerprint density at radius 3 is 2.74 bits per heavy atom. The molecule has 0 spiro atoms. The van der Waals surface area contributed by atoms with Crippen LogP contribution >= 0.6 is 11.3 Å². The van der Waals surface area contributed by atoms with Crippen molar-refractivity contribution < 1.29 is 14.7 Å². The minimum absolute atomic E-state index is 0.176. The molecule has 5 rings (SSSR count). The summed E-state index contributed by atoms with van der Waals surface area (Å²) in [5.41, 5.74) is 3.49. The van der Waals surface area contributed by atoms with Gasteiger partial charge in [0.2, 0.25) is 5.95 Å². The Morgan fingerprint density at radius 2 is 2.03 bits per heavy atom. The Bertz CT molecular complexity index is 1290. The van der Waals surface area contributed by atoms with E-state index in [1.54, 1.807) is 29.2 Å². The minimum Gasteiger partial charge on any atom is -0.378 e. The van der Waals surface area contributed by atoms with E-state index in [0.717, 1.165) is 39.6 Å². The normalized spacial score (nSPS) is 13.8. The van der Waals surface area contributed by atoms with Crippen LogP contribution in [-0.2, 0) is 11.3 Å². The van der Waals surface area contributed by atoms with E-state index in [9.17, 15) is 4.79 Å². The van der Waals surface area contributed by atoms with Gasteiger partial charge in [0.25, 0.3) is 5.91 Å². The number of hydroxylamine groups is 1. The summed E-state index contributed by atoms with van der Waals surface area (Å²) in [6.07, 6.45) is 6.24. The molecule has 4 aromatic rings. The monoisotopic (exact) mass is 478 g/mol. The summed E-state index contributed by atoms with van der Waals surface area (Å²) in [5, 5.41) is 8.75. The highest BCUT2D eigenvalue weighted by molar-refractivity contribution is 7.19. The first-order valence-electron chi connectivity index (χ1n) is 10.6. The molecule has 0 aliphatic carbocycles. The number of hydrogen-bond acceptors (Lipinski definition) is 11. The van der Waals surface area contributed by atoms with Crippen LogP contribution in [0.25, 0.3) is 21.6 Å². The van der Waals surface area contributed by atoms with Gasteiger partial charge in [-0.3, -0.25) is 15.0 Å². The number of morpholine rings is 1. The van der Waals surface area contributed by atoms with Gasteiger partial charge in [0, 0.05) is 55.4 Å². The summed E-state index contributed by atoms with van der Waals surface area (Å²) < 4.78 is 6.56. The number of pyridine rings is 1. The quantitative estimate of drug-likeness (QED) is 0.314. The second kappa shape index (κ2) is 9.63. The van der Waals surface area contributed by atoms with Crippen molar-refractivity contribution in [3.8, 4) is 11.4 Å². The van der Waals surface area contributed by atoms with Crippen LogP contribution in [-0.4, -0.2) is 69.4 Å². The fourth-order valence-corrected chi connectivity index (χ4v) is 4.83. The molecule has 0 unspecified atom stereocenters. The lowest BCUT2D eigenvalue weighted by Gasteiger charge is -2.28. The second-order valence-electron chi connectivity index (χ2n) is 7.71. The molecule has 0 saturated carbocycles. The molecule has 1 amide bonds. The number of ether oxygens (including phenoxy) is 1. The number of hydrogen-bond donors (Lipinski definition) is 2. The minimum atomic E-state index is -0.655. The molecule has 5 heterocycles. The van der Waals surface area contributed by atoms with Crippen LogP contribution in [0.5, 0.6) is 0 Å². The summed E-state index contributed by atoms with van der Waals surface area (Å²) >= 11 is 1.64. The second-order valence-corrected chi connectivity index (χ2v) is 8.84. The maximum Gasteiger partial charge on any atom is 0.277 e. The largest absolute Gasteiger partial charge is 0.378 e. The number of thiophene rings is 1. The molecule has 174 valence electrons. The van der Waals surface area contributed by atoms with E-state index >= 15 is 0 Å². The zero-order valence-corrected chi connectivity index (χ0v) is 19.2. The van der Waals surface area contributed by atoms with Crippen molar-refractivity contribution in [1.29, 1.82) is 0 Å². The molecular formula is C22H22N8O3S. The Balaban J connectivity index is 1.47. The molecule has 0 aromatic carbocycles. The van der Waals surface area contributed by atoms with Gasteiger partial charge in [-0.05, 0) is 18.2 Å². The predicted octanol–water partition coefficient (Wildman–Crippen LogP) is 2.14. The Labute approximate surface area is 199 Å². The number of carbonyl (C=O) groups excluding carboxylic acids is 1. The maximum atomic E-state index is 11.5. The number of rotatable bonds is 6. The van der Waals surface area contributed by atoms with Gasteiger partial charge in [-0.15, -0.1) is 11.3 Å². The number of anilines is 2. The van der Waals surface area contributed by atoms with Gasteiger partial charge < -0.3 is 14.5 Å². The zero-order valence-electron chi connectivity index (χ0n) is 18.4. The van der Waals surface area contributed by atoms with Gasteiger partial charge in [0.05, 0.1) is 35.5 Å². The van der Waals surface area contributed by atoms with E-state index in [2.05, 4.69) is 25.9 Å². The summed E-state index contributed by atoms with van der Waals surface area (Å²) in [6.45, 7) is 3.42. The van der Waals surface area contributed by atoms with E-state index in [1.807, 2.05) is 24.1 Å². The topological polar surface area (TPSA) is 129 Å². The Hall–Kier alpha value is -3.74. The highest BCUT2D eigenvalue weighted by Crippen LogP contribution is 2.35. The SMILES string of the molecule is CN(Cc1cc2nc(-c3cccnc3)nc(N3CCOCC3)c2s1)c1ncc(C(=O)NO)cn1. The number of amides is 1. The molecule has 12 heteroatoms. The molecule has 1 aliphatic rings. The summed E-state index contributed by atoms with van der Waals surface area (Å²) in [7, 11) is 1.88. The maximum absolute atomic E-state index is 11.5. The number of aromatic nitrogens is 5. The van der Waals surface area contributed by atoms with Crippen molar-refractivity contribution in [2.24, 2.45) is 0 Å². The van der Waals surface area contributed by atoms with E-state index < -0.39 is 5.91 Å². The first kappa shape index (κ1) is 22.1. The third-order valence-corrected chi connectivity index (χ3v) is 6.48. The van der Waals surface area contributed by atoms with Gasteiger partial charge in [-0.1, -0.05) is 0 Å². The molecule has 2 N–H and O–H groups in total. The van der Waals surface area contributed by atoms with Crippen molar-refractivity contribution in [3.05, 3.63) is 53.4 Å². The van der Waals surface area contributed by atoms with Crippen molar-refractivity contribution in [2.75, 3.05) is 43.2 Å². The van der Waals surface area contributed by atoms with Gasteiger partial charge in [-0.2, -0.15) is 0 Å². The number of fused-ring (bicyclic) bond motifs is 1. The number of nitrogens with one attached hydrogen (secondary N) is 1. The fraction of sp³-hybridized carbons (Fsp3) is 0.273. The molecular weight excluding hydrogens is 456 g/mol. The van der Waals surface area contributed by atoms with Crippen molar-refractivity contribution in [1.82, 2.24) is 30.4 Å². The summed E-state index contributed by atoms with van der Waals surface area (Å²) in [6, 6.07) is 5.90. The van der Waals surface area contributed by atoms with Crippen LogP contribution in [0, 0.1) is 0 Å². The van der Waals surface area contributed by atoms with Gasteiger partial charge >= 0.3 is 0 Å². The third-order valence-electron chi connectivity index (χ3n) is 5.37. The van der Waals surface area contributed by atoms with E-state index in [1.165, 1.54) is 12.4 Å². The number of nitrogens with zero attached hydrogens (tertiary/aromatic N) is 7. The van der Waals surface area contributed by atoms with E-state index in [-0.39, 0.29) is 5.56 Å². The average molecular weight is 479 g/mol. The van der Waals surface area contributed by atoms with E-state index in [4.69, 9.17) is 19.9 Å². The van der Waals surface area contributed by atoms with Crippen LogP contribution in [0.1, 0.15) is 15.2 Å². The van der Waals surface area contributed by atoms with Crippen molar-refractivity contribution in [2.45, 2.75) is 6.54 Å². The van der Waals surface area contributed by atoms with Crippen molar-refractivity contribution >= 4 is 39.2 Å². The molecule has 1 fully saturated rings. The Kier molecular flexibility index (Phi) is 6.25. The molecule has 0 atom stereocenters. The van der Waals surface area contributed by atoms with Crippen molar-refractivity contribution in [3.63, 3.8) is 0 Å². The standard InChI is InChI=1S/C22H22N8O3S/c1-29(22-24-11-15(12-25-22)21(31)28-32)13-16-9-17-18(34-16)20(30-5-7-33-8-6-30)27-19(26-17)14-3-2-4-23-10-14/h2-4,9-12,32H,5-8,13H2,1H3,(H,28,31).